The second kappa shape index (κ2) is 8.13. The fourth-order valence-electron chi connectivity index (χ4n) is 3.22. The molecule has 1 amide bonds. The van der Waals surface area contributed by atoms with E-state index in [1.165, 1.54) is 0 Å². The van der Waals surface area contributed by atoms with Gasteiger partial charge < -0.3 is 19.7 Å². The normalized spacial score (nSPS) is 14.1. The van der Waals surface area contributed by atoms with Gasteiger partial charge in [-0.25, -0.2) is 0 Å². The van der Waals surface area contributed by atoms with Crippen LogP contribution < -0.4 is 14.8 Å². The molecular weight excluding hydrogens is 364 g/mol. The van der Waals surface area contributed by atoms with Gasteiger partial charge in [0.05, 0.1) is 19.3 Å². The van der Waals surface area contributed by atoms with Crippen LogP contribution in [0.15, 0.2) is 49.1 Å². The van der Waals surface area contributed by atoms with E-state index >= 15 is 0 Å². The van der Waals surface area contributed by atoms with E-state index in [1.54, 1.807) is 7.11 Å². The minimum Gasteiger partial charge on any atom is -0.497 e. The van der Waals surface area contributed by atoms with Gasteiger partial charge in [-0.05, 0) is 69.4 Å². The number of carbonyl (C=O) groups is 1. The Bertz CT molecular complexity index is 974. The number of likely N-dealkylation sites (N-methyl/N-ethyl adjacent to an activating group) is 1. The number of nitrogens with zero attached hydrogens (tertiary/aromatic N) is 1. The van der Waals surface area contributed by atoms with Gasteiger partial charge in [-0.2, -0.15) is 0 Å². The van der Waals surface area contributed by atoms with Crippen LogP contribution in [0.4, 0.5) is 5.69 Å². The highest BCUT2D eigenvalue weighted by Crippen LogP contribution is 2.36. The monoisotopic (exact) mass is 392 g/mol. The molecule has 0 unspecified atom stereocenters. The molecule has 0 aliphatic carbocycles. The van der Waals surface area contributed by atoms with E-state index in [2.05, 4.69) is 24.0 Å². The largest absolute Gasteiger partial charge is 0.497 e. The quantitative estimate of drug-likeness (QED) is 0.790. The molecule has 1 N–H and O–H groups in total. The van der Waals surface area contributed by atoms with Crippen LogP contribution in [0.2, 0.25) is 0 Å². The number of benzene rings is 2. The van der Waals surface area contributed by atoms with Crippen molar-refractivity contribution in [2.45, 2.75) is 19.4 Å². The van der Waals surface area contributed by atoms with Gasteiger partial charge in [0, 0.05) is 17.2 Å². The molecule has 0 saturated carbocycles. The van der Waals surface area contributed by atoms with Crippen molar-refractivity contribution in [3.63, 3.8) is 0 Å². The first-order chi connectivity index (χ1) is 13.7. The number of fused-ring (bicyclic) bond motifs is 1. The molecule has 0 fully saturated rings. The Morgan fingerprint density at radius 3 is 2.66 bits per heavy atom. The standard InChI is InChI=1S/C24H28N2O3/c1-16(17-7-10-22-18(13-17)11-12-24(2,3)29-22)20-9-8-19(28-6)14-21(20)25-23(27)15-26(4)5/h7-14H,1,15H2,2-6H3,(H,25,27). The average Bonchev–Trinajstić information content (AvgIpc) is 2.65. The van der Waals surface area contributed by atoms with Crippen LogP contribution in [0.25, 0.3) is 11.6 Å². The number of methoxy groups -OCH3 is 1. The van der Waals surface area contributed by atoms with Crippen molar-refractivity contribution < 1.29 is 14.3 Å². The van der Waals surface area contributed by atoms with Crippen LogP contribution >= 0.6 is 0 Å². The van der Waals surface area contributed by atoms with Crippen molar-refractivity contribution >= 4 is 23.2 Å². The van der Waals surface area contributed by atoms with Crippen molar-refractivity contribution in [3.05, 3.63) is 65.7 Å². The molecule has 1 aliphatic heterocycles. The number of anilines is 1. The van der Waals surface area contributed by atoms with E-state index in [1.807, 2.05) is 69.3 Å². The molecule has 5 nitrogen and oxygen atoms in total. The van der Waals surface area contributed by atoms with Gasteiger partial charge >= 0.3 is 0 Å². The van der Waals surface area contributed by atoms with Gasteiger partial charge in [0.1, 0.15) is 17.1 Å². The molecule has 0 bridgehead atoms. The molecule has 3 rings (SSSR count). The highest BCUT2D eigenvalue weighted by molar-refractivity contribution is 5.97. The summed E-state index contributed by atoms with van der Waals surface area (Å²) in [6, 6.07) is 11.6. The predicted octanol–water partition coefficient (Wildman–Crippen LogP) is 4.44. The highest BCUT2D eigenvalue weighted by Gasteiger charge is 2.22. The summed E-state index contributed by atoms with van der Waals surface area (Å²) in [6.45, 7) is 8.64. The van der Waals surface area contributed by atoms with Gasteiger partial charge in [-0.3, -0.25) is 4.79 Å². The van der Waals surface area contributed by atoms with E-state index in [4.69, 9.17) is 9.47 Å². The third-order valence-electron chi connectivity index (χ3n) is 4.68. The summed E-state index contributed by atoms with van der Waals surface area (Å²) in [5, 5.41) is 2.98. The predicted molar refractivity (Wildman–Crippen MR) is 118 cm³/mol. The molecular formula is C24H28N2O3. The molecule has 29 heavy (non-hydrogen) atoms. The molecule has 0 radical (unpaired) electrons. The van der Waals surface area contributed by atoms with Crippen LogP contribution in [0.1, 0.15) is 30.5 Å². The molecule has 0 atom stereocenters. The number of ether oxygens (including phenoxy) is 2. The van der Waals surface area contributed by atoms with Crippen LogP contribution in [0, 0.1) is 0 Å². The number of carbonyl (C=O) groups excluding carboxylic acids is 1. The molecule has 1 heterocycles. The number of hydrogen-bond donors (Lipinski definition) is 1. The van der Waals surface area contributed by atoms with E-state index in [9.17, 15) is 4.79 Å². The van der Waals surface area contributed by atoms with E-state index < -0.39 is 0 Å². The first-order valence-corrected chi connectivity index (χ1v) is 9.53. The molecule has 0 aromatic heterocycles. The Morgan fingerprint density at radius 1 is 1.21 bits per heavy atom. The Labute approximate surface area is 172 Å². The molecule has 0 saturated heterocycles. The Balaban J connectivity index is 1.94. The van der Waals surface area contributed by atoms with Crippen molar-refractivity contribution in [3.8, 4) is 11.5 Å². The number of amides is 1. The first-order valence-electron chi connectivity index (χ1n) is 9.53. The summed E-state index contributed by atoms with van der Waals surface area (Å²) < 4.78 is 11.3. The van der Waals surface area contributed by atoms with Crippen molar-refractivity contribution in [1.29, 1.82) is 0 Å². The van der Waals surface area contributed by atoms with Crippen LogP contribution in [0.3, 0.4) is 0 Å². The zero-order valence-corrected chi connectivity index (χ0v) is 17.7. The smallest absolute Gasteiger partial charge is 0.238 e. The minimum absolute atomic E-state index is 0.0960. The molecule has 0 spiro atoms. The lowest BCUT2D eigenvalue weighted by molar-refractivity contribution is -0.116. The average molecular weight is 392 g/mol. The molecule has 2 aromatic rings. The topological polar surface area (TPSA) is 50.8 Å². The highest BCUT2D eigenvalue weighted by atomic mass is 16.5. The first kappa shape index (κ1) is 20.7. The van der Waals surface area contributed by atoms with Gasteiger partial charge in [0.15, 0.2) is 0 Å². The van der Waals surface area contributed by atoms with Crippen molar-refractivity contribution in [2.75, 3.05) is 33.1 Å². The molecule has 152 valence electrons. The summed E-state index contributed by atoms with van der Waals surface area (Å²) in [6.07, 6.45) is 4.12. The van der Waals surface area contributed by atoms with Gasteiger partial charge in [-0.15, -0.1) is 0 Å². The van der Waals surface area contributed by atoms with Gasteiger partial charge in [-0.1, -0.05) is 18.7 Å². The Kier molecular flexibility index (Phi) is 5.80. The molecule has 2 aromatic carbocycles. The summed E-state index contributed by atoms with van der Waals surface area (Å²) in [5.74, 6) is 1.43. The Hall–Kier alpha value is -3.05. The number of rotatable bonds is 6. The summed E-state index contributed by atoms with van der Waals surface area (Å²) in [7, 11) is 5.32. The van der Waals surface area contributed by atoms with E-state index in [0.29, 0.717) is 18.0 Å². The van der Waals surface area contributed by atoms with Crippen molar-refractivity contribution in [1.82, 2.24) is 4.90 Å². The second-order valence-corrected chi connectivity index (χ2v) is 7.97. The minimum atomic E-state index is -0.314. The number of hydrogen-bond acceptors (Lipinski definition) is 4. The third kappa shape index (κ3) is 4.87. The van der Waals surface area contributed by atoms with Crippen molar-refractivity contribution in [2.24, 2.45) is 0 Å². The van der Waals surface area contributed by atoms with E-state index in [-0.39, 0.29) is 11.5 Å². The van der Waals surface area contributed by atoms with Crippen LogP contribution in [-0.2, 0) is 4.79 Å². The Morgan fingerprint density at radius 2 is 1.97 bits per heavy atom. The zero-order valence-electron chi connectivity index (χ0n) is 17.7. The van der Waals surface area contributed by atoms with Crippen LogP contribution in [0.5, 0.6) is 11.5 Å². The fraction of sp³-hybridized carbons (Fsp3) is 0.292. The lowest BCUT2D eigenvalue weighted by Crippen LogP contribution is -2.27. The van der Waals surface area contributed by atoms with Gasteiger partial charge in [0.2, 0.25) is 5.91 Å². The van der Waals surface area contributed by atoms with Gasteiger partial charge in [0.25, 0.3) is 0 Å². The maximum absolute atomic E-state index is 12.3. The maximum atomic E-state index is 12.3. The zero-order chi connectivity index (χ0) is 21.2. The fourth-order valence-corrected chi connectivity index (χ4v) is 3.22. The summed E-state index contributed by atoms with van der Waals surface area (Å²) in [4.78, 5) is 14.2. The lowest BCUT2D eigenvalue weighted by Gasteiger charge is -2.28. The third-order valence-corrected chi connectivity index (χ3v) is 4.68. The lowest BCUT2D eigenvalue weighted by atomic mass is 9.94. The summed E-state index contributed by atoms with van der Waals surface area (Å²) >= 11 is 0. The molecule has 1 aliphatic rings. The SMILES string of the molecule is C=C(c1ccc2c(c1)C=CC(C)(C)O2)c1ccc(OC)cc1NC(=O)CN(C)C. The maximum Gasteiger partial charge on any atom is 0.238 e. The van der Waals surface area contributed by atoms with Crippen LogP contribution in [-0.4, -0.2) is 44.2 Å². The van der Waals surface area contributed by atoms with E-state index in [0.717, 1.165) is 28.0 Å². The molecule has 5 heteroatoms. The number of nitrogens with one attached hydrogen (secondary N) is 1. The summed E-state index contributed by atoms with van der Waals surface area (Å²) in [5.41, 5.74) is 3.99. The second-order valence-electron chi connectivity index (χ2n) is 7.97.